The molecule has 254 valence electrons. The van der Waals surface area contributed by atoms with Crippen molar-refractivity contribution < 1.29 is 0 Å². The molecule has 0 atom stereocenters. The summed E-state index contributed by atoms with van der Waals surface area (Å²) in [6.07, 6.45) is 0. The van der Waals surface area contributed by atoms with Gasteiger partial charge in [-0.2, -0.15) is 15.8 Å². The van der Waals surface area contributed by atoms with Crippen LogP contribution in [-0.4, -0.2) is 19.5 Å². The average molecular weight is 702 g/mol. The first-order valence-electron chi connectivity index (χ1n) is 17.6. The topological polar surface area (TPSA) is 115 Å². The third-order valence-electron chi connectivity index (χ3n) is 9.70. The Bertz CT molecular complexity index is 2980. The van der Waals surface area contributed by atoms with Crippen LogP contribution < -0.4 is 0 Å². The Hall–Kier alpha value is -8.18. The Morgan fingerprint density at radius 3 is 1.62 bits per heavy atom. The fourth-order valence-corrected chi connectivity index (χ4v) is 7.14. The summed E-state index contributed by atoms with van der Waals surface area (Å²) in [7, 11) is 0. The van der Waals surface area contributed by atoms with E-state index in [2.05, 4.69) is 59.2 Å². The molecule has 0 saturated heterocycles. The SMILES string of the molecule is N#Cc1cc(C#N)cc(-c2ccc3c(c2)c2ccccc2n3-c2ccc(-c3nc(-c4ccccc4)nc(-c4ccccc4)n3)c(-c3cccc(C#N)c3)c2)c1. The molecule has 0 aliphatic carbocycles. The number of rotatable bonds is 6. The highest BCUT2D eigenvalue weighted by atomic mass is 15.0. The molecule has 0 unspecified atom stereocenters. The minimum absolute atomic E-state index is 0.439. The highest BCUT2D eigenvalue weighted by Gasteiger charge is 2.19. The summed E-state index contributed by atoms with van der Waals surface area (Å²) in [5.74, 6) is 1.64. The minimum atomic E-state index is 0.439. The monoisotopic (exact) mass is 701 g/mol. The standard InChI is InChI=1S/C48H27N7/c49-28-31-10-9-15-37(23-31)42-27-39(19-20-41(42)48-53-46(34-11-3-1-4-12-34)52-47(54-48)35-13-5-2-6-14-35)55-44-17-8-7-16-40(44)43-26-36(18-21-45(43)55)38-24-32(29-50)22-33(25-38)30-51/h1-27H. The first kappa shape index (κ1) is 32.7. The zero-order valence-electron chi connectivity index (χ0n) is 29.2. The highest BCUT2D eigenvalue weighted by Crippen LogP contribution is 2.39. The van der Waals surface area contributed by atoms with E-state index in [1.165, 1.54) is 0 Å². The molecular formula is C48H27N7. The molecule has 0 aliphatic heterocycles. The van der Waals surface area contributed by atoms with Gasteiger partial charge in [0.25, 0.3) is 0 Å². The molecule has 0 fully saturated rings. The van der Waals surface area contributed by atoms with E-state index < -0.39 is 0 Å². The summed E-state index contributed by atoms with van der Waals surface area (Å²) in [5, 5.41) is 31.3. The number of nitrogens with zero attached hydrogens (tertiary/aromatic N) is 7. The van der Waals surface area contributed by atoms with Gasteiger partial charge in [-0.1, -0.05) is 97.1 Å². The van der Waals surface area contributed by atoms with Crippen molar-refractivity contribution in [1.82, 2.24) is 19.5 Å². The molecule has 7 heteroatoms. The minimum Gasteiger partial charge on any atom is -0.309 e. The lowest BCUT2D eigenvalue weighted by molar-refractivity contribution is 1.07. The summed E-state index contributed by atoms with van der Waals surface area (Å²) in [4.78, 5) is 15.0. The van der Waals surface area contributed by atoms with Crippen LogP contribution in [0.3, 0.4) is 0 Å². The molecular weight excluding hydrogens is 675 g/mol. The van der Waals surface area contributed by atoms with E-state index in [1.807, 2.05) is 115 Å². The van der Waals surface area contributed by atoms with Crippen LogP contribution in [0, 0.1) is 34.0 Å². The second-order valence-electron chi connectivity index (χ2n) is 13.1. The average Bonchev–Trinajstić information content (AvgIpc) is 3.60. The smallest absolute Gasteiger partial charge is 0.164 e. The largest absolute Gasteiger partial charge is 0.309 e. The van der Waals surface area contributed by atoms with E-state index in [9.17, 15) is 15.8 Å². The molecule has 9 aromatic rings. The van der Waals surface area contributed by atoms with Crippen molar-refractivity contribution in [2.75, 3.05) is 0 Å². The van der Waals surface area contributed by atoms with Crippen LogP contribution in [0.2, 0.25) is 0 Å². The van der Waals surface area contributed by atoms with Crippen LogP contribution in [0.15, 0.2) is 164 Å². The van der Waals surface area contributed by atoms with E-state index in [1.54, 1.807) is 12.1 Å². The molecule has 0 N–H and O–H groups in total. The number of fused-ring (bicyclic) bond motifs is 3. The van der Waals surface area contributed by atoms with E-state index in [0.717, 1.165) is 66.4 Å². The van der Waals surface area contributed by atoms with E-state index >= 15 is 0 Å². The second kappa shape index (κ2) is 13.7. The predicted octanol–water partition coefficient (Wildman–Crippen LogP) is 10.9. The highest BCUT2D eigenvalue weighted by molar-refractivity contribution is 6.10. The molecule has 0 bridgehead atoms. The molecule has 0 saturated carbocycles. The lowest BCUT2D eigenvalue weighted by Gasteiger charge is -2.16. The lowest BCUT2D eigenvalue weighted by atomic mass is 9.96. The Morgan fingerprint density at radius 2 is 0.945 bits per heavy atom. The molecule has 0 aliphatic rings. The predicted molar refractivity (Wildman–Crippen MR) is 215 cm³/mol. The third-order valence-corrected chi connectivity index (χ3v) is 9.70. The van der Waals surface area contributed by atoms with Crippen molar-refractivity contribution in [3.63, 3.8) is 0 Å². The molecule has 2 aromatic heterocycles. The number of aromatic nitrogens is 4. The van der Waals surface area contributed by atoms with Crippen molar-refractivity contribution in [3.8, 4) is 80.3 Å². The van der Waals surface area contributed by atoms with Crippen LogP contribution in [0.25, 0.3) is 83.9 Å². The first-order chi connectivity index (χ1) is 27.1. The van der Waals surface area contributed by atoms with Crippen LogP contribution in [0.4, 0.5) is 0 Å². The Kier molecular flexibility index (Phi) is 8.18. The Labute approximate surface area is 316 Å². The number of hydrogen-bond acceptors (Lipinski definition) is 6. The van der Waals surface area contributed by atoms with Crippen LogP contribution in [0.5, 0.6) is 0 Å². The fraction of sp³-hybridized carbons (Fsp3) is 0. The quantitative estimate of drug-likeness (QED) is 0.170. The molecule has 0 radical (unpaired) electrons. The summed E-state index contributed by atoms with van der Waals surface area (Å²) in [6.45, 7) is 0. The second-order valence-corrected chi connectivity index (χ2v) is 13.1. The number of para-hydroxylation sites is 1. The molecule has 55 heavy (non-hydrogen) atoms. The summed E-state index contributed by atoms with van der Waals surface area (Å²) < 4.78 is 2.24. The Morgan fingerprint density at radius 1 is 0.364 bits per heavy atom. The van der Waals surface area contributed by atoms with Gasteiger partial charge in [0.1, 0.15) is 0 Å². The van der Waals surface area contributed by atoms with Crippen LogP contribution >= 0.6 is 0 Å². The molecule has 9 rings (SSSR count). The third kappa shape index (κ3) is 6.03. The fourth-order valence-electron chi connectivity index (χ4n) is 7.14. The summed E-state index contributed by atoms with van der Waals surface area (Å²) >= 11 is 0. The van der Waals surface area contributed by atoms with E-state index in [4.69, 9.17) is 15.0 Å². The molecule has 0 amide bonds. The number of hydrogen-bond donors (Lipinski definition) is 0. The zero-order chi connectivity index (χ0) is 37.3. The van der Waals surface area contributed by atoms with Gasteiger partial charge < -0.3 is 4.57 Å². The van der Waals surface area contributed by atoms with Gasteiger partial charge in [0, 0.05) is 33.2 Å². The van der Waals surface area contributed by atoms with Gasteiger partial charge in [-0.25, -0.2) is 15.0 Å². The van der Waals surface area contributed by atoms with Crippen LogP contribution in [-0.2, 0) is 0 Å². The van der Waals surface area contributed by atoms with Gasteiger partial charge in [-0.05, 0) is 89.0 Å². The molecule has 2 heterocycles. The number of nitriles is 3. The molecule has 0 spiro atoms. The van der Waals surface area contributed by atoms with E-state index in [-0.39, 0.29) is 0 Å². The number of benzene rings is 7. The van der Waals surface area contributed by atoms with Crippen molar-refractivity contribution in [2.24, 2.45) is 0 Å². The van der Waals surface area contributed by atoms with Gasteiger partial charge in [-0.15, -0.1) is 0 Å². The van der Waals surface area contributed by atoms with Gasteiger partial charge in [0.15, 0.2) is 17.5 Å². The van der Waals surface area contributed by atoms with Crippen molar-refractivity contribution in [3.05, 3.63) is 180 Å². The zero-order valence-corrected chi connectivity index (χ0v) is 29.2. The maximum absolute atomic E-state index is 9.91. The lowest BCUT2D eigenvalue weighted by Crippen LogP contribution is -2.02. The summed E-state index contributed by atoms with van der Waals surface area (Å²) in [5.41, 5.74) is 10.3. The van der Waals surface area contributed by atoms with Crippen molar-refractivity contribution >= 4 is 21.8 Å². The normalized spacial score (nSPS) is 10.9. The summed E-state index contributed by atoms with van der Waals surface area (Å²) in [6, 6.07) is 60.0. The van der Waals surface area contributed by atoms with Gasteiger partial charge in [-0.3, -0.25) is 0 Å². The maximum Gasteiger partial charge on any atom is 0.164 e. The van der Waals surface area contributed by atoms with Gasteiger partial charge in [0.05, 0.1) is 45.9 Å². The Balaban J connectivity index is 1.28. The maximum atomic E-state index is 9.91. The molecule has 7 aromatic carbocycles. The first-order valence-corrected chi connectivity index (χ1v) is 17.6. The van der Waals surface area contributed by atoms with Gasteiger partial charge in [0.2, 0.25) is 0 Å². The van der Waals surface area contributed by atoms with E-state index in [0.29, 0.717) is 34.2 Å². The van der Waals surface area contributed by atoms with Crippen molar-refractivity contribution in [1.29, 1.82) is 15.8 Å². The van der Waals surface area contributed by atoms with Gasteiger partial charge >= 0.3 is 0 Å². The molecule has 7 nitrogen and oxygen atoms in total. The van der Waals surface area contributed by atoms with Crippen molar-refractivity contribution in [2.45, 2.75) is 0 Å². The van der Waals surface area contributed by atoms with Crippen LogP contribution in [0.1, 0.15) is 16.7 Å².